The van der Waals surface area contributed by atoms with Gasteiger partial charge in [-0.05, 0) is 30.5 Å². The maximum atomic E-state index is 12.4. The van der Waals surface area contributed by atoms with Crippen molar-refractivity contribution in [3.8, 4) is 0 Å². The Morgan fingerprint density at radius 1 is 1.26 bits per heavy atom. The zero-order valence-electron chi connectivity index (χ0n) is 10.2. The molecule has 0 saturated carbocycles. The average molecular weight is 274 g/mol. The first-order valence-corrected chi connectivity index (χ1v) is 5.82. The minimum Gasteiger partial charge on any atom is -0.467 e. The third-order valence-electron chi connectivity index (χ3n) is 3.09. The topological polar surface area (TPSA) is 35.5 Å². The van der Waals surface area contributed by atoms with Crippen LogP contribution in [0.15, 0.2) is 24.3 Å². The third-order valence-corrected chi connectivity index (χ3v) is 3.09. The molecule has 1 aliphatic heterocycles. The van der Waals surface area contributed by atoms with Crippen LogP contribution in [-0.4, -0.2) is 19.2 Å². The summed E-state index contributed by atoms with van der Waals surface area (Å²) in [5, 5.41) is 0. The molecular weight excluding hydrogens is 261 g/mol. The Morgan fingerprint density at radius 3 is 2.42 bits per heavy atom. The fourth-order valence-corrected chi connectivity index (χ4v) is 2.07. The van der Waals surface area contributed by atoms with E-state index in [-0.39, 0.29) is 6.10 Å². The van der Waals surface area contributed by atoms with Gasteiger partial charge >= 0.3 is 12.1 Å². The summed E-state index contributed by atoms with van der Waals surface area (Å²) in [5.41, 5.74) is -0.0573. The lowest BCUT2D eigenvalue weighted by Crippen LogP contribution is -2.21. The number of carbonyl (C=O) groups is 1. The van der Waals surface area contributed by atoms with Gasteiger partial charge in [0.05, 0.1) is 18.8 Å². The minimum atomic E-state index is -4.34. The molecule has 1 heterocycles. The normalized spacial score (nSPS) is 23.4. The Bertz CT molecular complexity index is 453. The number of benzene rings is 1. The molecule has 0 radical (unpaired) electrons. The quantitative estimate of drug-likeness (QED) is 0.777. The molecule has 2 atom stereocenters. The Hall–Kier alpha value is -1.56. The van der Waals surface area contributed by atoms with Gasteiger partial charge in [-0.25, -0.2) is 4.79 Å². The van der Waals surface area contributed by atoms with E-state index in [1.807, 2.05) is 0 Å². The molecule has 1 aliphatic rings. The van der Waals surface area contributed by atoms with Crippen molar-refractivity contribution in [3.05, 3.63) is 35.4 Å². The summed E-state index contributed by atoms with van der Waals surface area (Å²) >= 11 is 0. The van der Waals surface area contributed by atoms with Crippen molar-refractivity contribution >= 4 is 5.97 Å². The molecule has 1 aromatic carbocycles. The summed E-state index contributed by atoms with van der Waals surface area (Å²) in [6.45, 7) is 0. The molecule has 0 amide bonds. The number of ether oxygens (including phenoxy) is 2. The molecule has 19 heavy (non-hydrogen) atoms. The van der Waals surface area contributed by atoms with Crippen molar-refractivity contribution in [3.63, 3.8) is 0 Å². The van der Waals surface area contributed by atoms with Crippen molar-refractivity contribution in [2.24, 2.45) is 0 Å². The second kappa shape index (κ2) is 5.21. The highest BCUT2D eigenvalue weighted by molar-refractivity contribution is 5.74. The molecular formula is C13H13F3O3. The Labute approximate surface area is 108 Å². The summed E-state index contributed by atoms with van der Waals surface area (Å²) in [5.74, 6) is -0.450. The van der Waals surface area contributed by atoms with E-state index in [1.165, 1.54) is 19.2 Å². The van der Waals surface area contributed by atoms with Crippen LogP contribution in [0.4, 0.5) is 13.2 Å². The number of carbonyl (C=O) groups excluding carboxylic acids is 1. The first-order valence-electron chi connectivity index (χ1n) is 5.82. The Balaban J connectivity index is 2.06. The summed E-state index contributed by atoms with van der Waals surface area (Å²) in [4.78, 5) is 11.3. The van der Waals surface area contributed by atoms with Gasteiger partial charge in [0, 0.05) is 0 Å². The molecule has 2 rings (SSSR count). The predicted molar refractivity (Wildman–Crippen MR) is 60.3 cm³/mol. The van der Waals surface area contributed by atoms with Crippen molar-refractivity contribution in [1.82, 2.24) is 0 Å². The summed E-state index contributed by atoms with van der Waals surface area (Å²) < 4.78 is 47.3. The van der Waals surface area contributed by atoms with E-state index in [1.54, 1.807) is 0 Å². The number of rotatable bonds is 2. The van der Waals surface area contributed by atoms with Crippen LogP contribution in [0.25, 0.3) is 0 Å². The van der Waals surface area contributed by atoms with Gasteiger partial charge in [-0.15, -0.1) is 0 Å². The highest BCUT2D eigenvalue weighted by Gasteiger charge is 2.33. The van der Waals surface area contributed by atoms with E-state index in [0.29, 0.717) is 18.4 Å². The number of hydrogen-bond acceptors (Lipinski definition) is 3. The van der Waals surface area contributed by atoms with E-state index in [0.717, 1.165) is 12.1 Å². The third kappa shape index (κ3) is 3.07. The number of halogens is 3. The van der Waals surface area contributed by atoms with Crippen LogP contribution in [0.5, 0.6) is 0 Å². The van der Waals surface area contributed by atoms with Crippen LogP contribution in [0, 0.1) is 0 Å². The molecule has 0 unspecified atom stereocenters. The summed E-state index contributed by atoms with van der Waals surface area (Å²) in [7, 11) is 1.27. The van der Waals surface area contributed by atoms with Gasteiger partial charge in [-0.3, -0.25) is 0 Å². The Morgan fingerprint density at radius 2 is 1.89 bits per heavy atom. The summed E-state index contributed by atoms with van der Waals surface area (Å²) in [6.07, 6.45) is -4.23. The second-order valence-electron chi connectivity index (χ2n) is 4.33. The second-order valence-corrected chi connectivity index (χ2v) is 4.33. The molecule has 0 bridgehead atoms. The monoisotopic (exact) mass is 274 g/mol. The number of alkyl halides is 3. The zero-order chi connectivity index (χ0) is 14.0. The van der Waals surface area contributed by atoms with E-state index in [2.05, 4.69) is 4.74 Å². The van der Waals surface area contributed by atoms with Gasteiger partial charge < -0.3 is 9.47 Å². The molecule has 104 valence electrons. The van der Waals surface area contributed by atoms with Crippen LogP contribution in [0.2, 0.25) is 0 Å². The molecule has 0 aromatic heterocycles. The Kier molecular flexibility index (Phi) is 3.80. The van der Waals surface area contributed by atoms with E-state index >= 15 is 0 Å². The lowest BCUT2D eigenvalue weighted by atomic mass is 10.0. The summed E-state index contributed by atoms with van der Waals surface area (Å²) in [6, 6.07) is 4.80. The maximum absolute atomic E-state index is 12.4. The fraction of sp³-hybridized carbons (Fsp3) is 0.462. The molecule has 1 fully saturated rings. The average Bonchev–Trinajstić information content (AvgIpc) is 2.86. The van der Waals surface area contributed by atoms with Crippen LogP contribution in [-0.2, 0) is 20.4 Å². The van der Waals surface area contributed by atoms with Gasteiger partial charge in [0.15, 0.2) is 6.10 Å². The van der Waals surface area contributed by atoms with Gasteiger partial charge in [0.25, 0.3) is 0 Å². The van der Waals surface area contributed by atoms with Crippen molar-refractivity contribution in [2.75, 3.05) is 7.11 Å². The molecule has 0 aliphatic carbocycles. The lowest BCUT2D eigenvalue weighted by molar-refractivity contribution is -0.153. The van der Waals surface area contributed by atoms with Crippen LogP contribution in [0.3, 0.4) is 0 Å². The maximum Gasteiger partial charge on any atom is 0.416 e. The van der Waals surface area contributed by atoms with Gasteiger partial charge in [0.2, 0.25) is 0 Å². The SMILES string of the molecule is COC(=O)[C@H]1CC[C@H](c2ccc(C(F)(F)F)cc2)O1. The van der Waals surface area contributed by atoms with Crippen molar-refractivity contribution in [2.45, 2.75) is 31.2 Å². The molecule has 0 spiro atoms. The molecule has 3 nitrogen and oxygen atoms in total. The van der Waals surface area contributed by atoms with Gasteiger partial charge in [0.1, 0.15) is 0 Å². The van der Waals surface area contributed by atoms with Gasteiger partial charge in [-0.1, -0.05) is 12.1 Å². The zero-order valence-corrected chi connectivity index (χ0v) is 10.2. The lowest BCUT2D eigenvalue weighted by Gasteiger charge is -2.13. The smallest absolute Gasteiger partial charge is 0.416 e. The first-order chi connectivity index (χ1) is 8.91. The number of hydrogen-bond donors (Lipinski definition) is 0. The molecule has 1 saturated heterocycles. The number of esters is 1. The minimum absolute atomic E-state index is 0.355. The largest absolute Gasteiger partial charge is 0.467 e. The van der Waals surface area contributed by atoms with E-state index in [9.17, 15) is 18.0 Å². The highest BCUT2D eigenvalue weighted by atomic mass is 19.4. The molecule has 1 aromatic rings. The highest BCUT2D eigenvalue weighted by Crippen LogP contribution is 2.35. The molecule has 6 heteroatoms. The van der Waals surface area contributed by atoms with Gasteiger partial charge in [-0.2, -0.15) is 13.2 Å². The van der Waals surface area contributed by atoms with Crippen LogP contribution in [0.1, 0.15) is 30.1 Å². The standard InChI is InChI=1S/C13H13F3O3/c1-18-12(17)11-7-6-10(19-11)8-2-4-9(5-3-8)13(14,15)16/h2-5,10-11H,6-7H2,1H3/t10-,11-/m1/s1. The predicted octanol–water partition coefficient (Wildman–Crippen LogP) is 3.10. The van der Waals surface area contributed by atoms with Crippen LogP contribution >= 0.6 is 0 Å². The number of methoxy groups -OCH3 is 1. The van der Waals surface area contributed by atoms with Crippen molar-refractivity contribution in [1.29, 1.82) is 0 Å². The van der Waals surface area contributed by atoms with E-state index < -0.39 is 23.8 Å². The van der Waals surface area contributed by atoms with E-state index in [4.69, 9.17) is 4.74 Å². The molecule has 0 N–H and O–H groups in total. The fourth-order valence-electron chi connectivity index (χ4n) is 2.07. The first kappa shape index (κ1) is 13.9. The van der Waals surface area contributed by atoms with Crippen LogP contribution < -0.4 is 0 Å². The van der Waals surface area contributed by atoms with Crippen molar-refractivity contribution < 1.29 is 27.4 Å².